The van der Waals surface area contributed by atoms with Crippen LogP contribution in [0.15, 0.2) is 36.7 Å². The van der Waals surface area contributed by atoms with Crippen LogP contribution in [0, 0.1) is 0 Å². The third-order valence-electron chi connectivity index (χ3n) is 2.94. The van der Waals surface area contributed by atoms with Crippen LogP contribution in [0.4, 0.5) is 0 Å². The lowest BCUT2D eigenvalue weighted by Gasteiger charge is -2.17. The summed E-state index contributed by atoms with van der Waals surface area (Å²) in [5, 5.41) is 9.92. The molecule has 1 aromatic heterocycles. The Kier molecular flexibility index (Phi) is 3.44. The Morgan fingerprint density at radius 1 is 1.41 bits per heavy atom. The third-order valence-corrected chi connectivity index (χ3v) is 2.94. The van der Waals surface area contributed by atoms with Gasteiger partial charge in [0.1, 0.15) is 11.6 Å². The average molecular weight is 231 g/mol. The van der Waals surface area contributed by atoms with Crippen LogP contribution in [0.25, 0.3) is 0 Å². The maximum Gasteiger partial charge on any atom is 0.119 e. The first kappa shape index (κ1) is 11.7. The second kappa shape index (κ2) is 5.01. The number of rotatable bonds is 4. The van der Waals surface area contributed by atoms with Gasteiger partial charge in [-0.1, -0.05) is 18.2 Å². The maximum atomic E-state index is 9.92. The minimum atomic E-state index is 0.0428. The van der Waals surface area contributed by atoms with Gasteiger partial charge in [-0.2, -0.15) is 0 Å². The number of aromatic nitrogens is 2. The molecule has 1 heterocycles. The van der Waals surface area contributed by atoms with Crippen molar-refractivity contribution in [1.29, 1.82) is 0 Å². The van der Waals surface area contributed by atoms with E-state index in [1.807, 2.05) is 36.0 Å². The molecule has 0 amide bonds. The fraction of sp³-hybridized carbons (Fsp3) is 0.308. The van der Waals surface area contributed by atoms with Crippen molar-refractivity contribution in [2.24, 2.45) is 12.8 Å². The molecule has 2 aromatic rings. The number of hydrogen-bond acceptors (Lipinski definition) is 3. The lowest BCUT2D eigenvalue weighted by atomic mass is 9.94. The van der Waals surface area contributed by atoms with Gasteiger partial charge < -0.3 is 15.4 Å². The standard InChI is InChI=1S/C13H17N3O/c1-16-9-8-15-13(16)11(6-7-14)10-4-2-3-5-12(10)17/h2-5,8-9,11,17H,6-7,14H2,1H3. The van der Waals surface area contributed by atoms with Gasteiger partial charge >= 0.3 is 0 Å². The molecular formula is C13H17N3O. The van der Waals surface area contributed by atoms with E-state index in [1.165, 1.54) is 0 Å². The summed E-state index contributed by atoms with van der Waals surface area (Å²) in [5.41, 5.74) is 6.54. The van der Waals surface area contributed by atoms with Crippen LogP contribution in [0.5, 0.6) is 5.75 Å². The molecule has 0 bridgehead atoms. The van der Waals surface area contributed by atoms with E-state index in [1.54, 1.807) is 12.3 Å². The van der Waals surface area contributed by atoms with Crippen molar-refractivity contribution in [3.05, 3.63) is 48.0 Å². The van der Waals surface area contributed by atoms with Crippen molar-refractivity contribution < 1.29 is 5.11 Å². The van der Waals surface area contributed by atoms with Gasteiger partial charge in [0.2, 0.25) is 0 Å². The quantitative estimate of drug-likeness (QED) is 0.840. The molecule has 1 unspecified atom stereocenters. The number of aromatic hydroxyl groups is 1. The van der Waals surface area contributed by atoms with Gasteiger partial charge in [-0.3, -0.25) is 0 Å². The van der Waals surface area contributed by atoms with Crippen LogP contribution in [-0.2, 0) is 7.05 Å². The van der Waals surface area contributed by atoms with Crippen molar-refractivity contribution in [2.75, 3.05) is 6.54 Å². The van der Waals surface area contributed by atoms with Crippen molar-refractivity contribution in [3.8, 4) is 5.75 Å². The molecule has 1 aromatic carbocycles. The first-order valence-electron chi connectivity index (χ1n) is 5.69. The highest BCUT2D eigenvalue weighted by Crippen LogP contribution is 2.32. The van der Waals surface area contributed by atoms with E-state index < -0.39 is 0 Å². The fourth-order valence-corrected chi connectivity index (χ4v) is 2.09. The molecule has 0 radical (unpaired) electrons. The summed E-state index contributed by atoms with van der Waals surface area (Å²) in [5.74, 6) is 1.27. The van der Waals surface area contributed by atoms with Crippen LogP contribution < -0.4 is 5.73 Å². The van der Waals surface area contributed by atoms with Gasteiger partial charge in [-0.15, -0.1) is 0 Å². The largest absolute Gasteiger partial charge is 0.508 e. The van der Waals surface area contributed by atoms with Crippen LogP contribution in [0.2, 0.25) is 0 Å². The van der Waals surface area contributed by atoms with E-state index in [2.05, 4.69) is 4.98 Å². The molecule has 0 spiro atoms. The second-order valence-corrected chi connectivity index (χ2v) is 4.09. The molecule has 1 atom stereocenters. The highest BCUT2D eigenvalue weighted by Gasteiger charge is 2.20. The summed E-state index contributed by atoms with van der Waals surface area (Å²) >= 11 is 0. The smallest absolute Gasteiger partial charge is 0.119 e. The minimum Gasteiger partial charge on any atom is -0.508 e. The van der Waals surface area contributed by atoms with Gasteiger partial charge in [0.15, 0.2) is 0 Å². The summed E-state index contributed by atoms with van der Waals surface area (Å²) in [6, 6.07) is 7.35. The molecule has 0 saturated carbocycles. The molecule has 2 rings (SSSR count). The minimum absolute atomic E-state index is 0.0428. The predicted molar refractivity (Wildman–Crippen MR) is 66.8 cm³/mol. The maximum absolute atomic E-state index is 9.92. The van der Waals surface area contributed by atoms with Crippen LogP contribution in [0.3, 0.4) is 0 Å². The lowest BCUT2D eigenvalue weighted by Crippen LogP contribution is -2.13. The molecule has 4 heteroatoms. The van der Waals surface area contributed by atoms with Crippen LogP contribution in [-0.4, -0.2) is 21.2 Å². The number of aryl methyl sites for hydroxylation is 1. The Bertz CT molecular complexity index is 493. The highest BCUT2D eigenvalue weighted by molar-refractivity contribution is 5.38. The normalized spacial score (nSPS) is 12.6. The van der Waals surface area contributed by atoms with Gasteiger partial charge in [-0.05, 0) is 19.0 Å². The second-order valence-electron chi connectivity index (χ2n) is 4.09. The first-order valence-corrected chi connectivity index (χ1v) is 5.69. The molecule has 0 aliphatic carbocycles. The molecule has 0 fully saturated rings. The Balaban J connectivity index is 2.43. The van der Waals surface area contributed by atoms with E-state index in [-0.39, 0.29) is 5.92 Å². The Hall–Kier alpha value is -1.81. The van der Waals surface area contributed by atoms with Gasteiger partial charge in [0, 0.05) is 30.9 Å². The highest BCUT2D eigenvalue weighted by atomic mass is 16.3. The Labute approximate surface area is 101 Å². The van der Waals surface area contributed by atoms with Gasteiger partial charge in [-0.25, -0.2) is 4.98 Å². The SMILES string of the molecule is Cn1ccnc1C(CCN)c1ccccc1O. The molecule has 0 aliphatic rings. The number of nitrogens with zero attached hydrogens (tertiary/aromatic N) is 2. The zero-order valence-electron chi connectivity index (χ0n) is 9.87. The average Bonchev–Trinajstić information content (AvgIpc) is 2.74. The monoisotopic (exact) mass is 231 g/mol. The molecule has 17 heavy (non-hydrogen) atoms. The summed E-state index contributed by atoms with van der Waals surface area (Å²) in [7, 11) is 1.95. The van der Waals surface area contributed by atoms with Crippen molar-refractivity contribution in [2.45, 2.75) is 12.3 Å². The van der Waals surface area contributed by atoms with Crippen molar-refractivity contribution in [1.82, 2.24) is 9.55 Å². The lowest BCUT2D eigenvalue weighted by molar-refractivity contribution is 0.460. The summed E-state index contributed by atoms with van der Waals surface area (Å²) in [6.45, 7) is 0.561. The van der Waals surface area contributed by atoms with Crippen molar-refractivity contribution >= 4 is 0 Å². The van der Waals surface area contributed by atoms with E-state index in [4.69, 9.17) is 5.73 Å². The third kappa shape index (κ3) is 2.31. The van der Waals surface area contributed by atoms with E-state index in [0.29, 0.717) is 12.3 Å². The molecule has 90 valence electrons. The Morgan fingerprint density at radius 2 is 2.18 bits per heavy atom. The van der Waals surface area contributed by atoms with E-state index in [9.17, 15) is 5.11 Å². The van der Waals surface area contributed by atoms with Gasteiger partial charge in [0.25, 0.3) is 0 Å². The number of phenols is 1. The molecule has 0 saturated heterocycles. The number of nitrogens with two attached hydrogens (primary N) is 1. The van der Waals surface area contributed by atoms with Gasteiger partial charge in [0.05, 0.1) is 0 Å². The zero-order valence-corrected chi connectivity index (χ0v) is 9.87. The number of benzene rings is 1. The summed E-state index contributed by atoms with van der Waals surface area (Å²) in [4.78, 5) is 4.35. The molecule has 4 nitrogen and oxygen atoms in total. The number of imidazole rings is 1. The summed E-state index contributed by atoms with van der Waals surface area (Å²) in [6.07, 6.45) is 4.43. The first-order chi connectivity index (χ1) is 8.24. The topological polar surface area (TPSA) is 64.1 Å². The predicted octanol–water partition coefficient (Wildman–Crippen LogP) is 1.61. The van der Waals surface area contributed by atoms with E-state index >= 15 is 0 Å². The van der Waals surface area contributed by atoms with Crippen LogP contribution in [0.1, 0.15) is 23.7 Å². The number of hydrogen-bond donors (Lipinski definition) is 2. The fourth-order valence-electron chi connectivity index (χ4n) is 2.09. The molecule has 3 N–H and O–H groups in total. The zero-order chi connectivity index (χ0) is 12.3. The molecular weight excluding hydrogens is 214 g/mol. The van der Waals surface area contributed by atoms with Crippen LogP contribution >= 0.6 is 0 Å². The number of phenolic OH excluding ortho intramolecular Hbond substituents is 1. The summed E-state index contributed by atoms with van der Waals surface area (Å²) < 4.78 is 1.97. The number of para-hydroxylation sites is 1. The molecule has 0 aliphatic heterocycles. The van der Waals surface area contributed by atoms with E-state index in [0.717, 1.165) is 17.8 Å². The van der Waals surface area contributed by atoms with Crippen molar-refractivity contribution in [3.63, 3.8) is 0 Å². The Morgan fingerprint density at radius 3 is 2.76 bits per heavy atom.